The van der Waals surface area contributed by atoms with Crippen LogP contribution in [0.15, 0.2) is 78.9 Å². The number of carbonyl (C=O) groups excluding carboxylic acids is 1. The summed E-state index contributed by atoms with van der Waals surface area (Å²) in [5.74, 6) is 0.580. The lowest BCUT2D eigenvalue weighted by atomic mass is 10.0. The molecule has 7 heteroatoms. The smallest absolute Gasteiger partial charge is 0.260 e. The predicted molar refractivity (Wildman–Crippen MR) is 167 cm³/mol. The van der Waals surface area contributed by atoms with E-state index >= 15 is 0 Å². The zero-order valence-electron chi connectivity index (χ0n) is 24.0. The molecule has 3 aromatic carbocycles. The molecule has 0 aliphatic carbocycles. The molecule has 7 rings (SSSR count). The molecule has 3 aliphatic rings. The number of aromatic nitrogens is 1. The lowest BCUT2D eigenvalue weighted by Gasteiger charge is -2.41. The van der Waals surface area contributed by atoms with E-state index < -0.39 is 0 Å². The Kier molecular flexibility index (Phi) is 7.53. The molecule has 42 heavy (non-hydrogen) atoms. The van der Waals surface area contributed by atoms with Crippen molar-refractivity contribution in [2.45, 2.75) is 44.4 Å². The number of hydrogen-bond donors (Lipinski definition) is 0. The lowest BCUT2D eigenvalue weighted by Crippen LogP contribution is -2.49. The van der Waals surface area contributed by atoms with Gasteiger partial charge in [-0.25, -0.2) is 0 Å². The van der Waals surface area contributed by atoms with Gasteiger partial charge >= 0.3 is 0 Å². The molecule has 0 spiro atoms. The number of halogens is 1. The summed E-state index contributed by atoms with van der Waals surface area (Å²) in [6.45, 7) is 5.02. The van der Waals surface area contributed by atoms with E-state index in [4.69, 9.17) is 16.3 Å². The van der Waals surface area contributed by atoms with Crippen LogP contribution in [0.25, 0.3) is 11.1 Å². The van der Waals surface area contributed by atoms with Gasteiger partial charge < -0.3 is 14.2 Å². The molecule has 215 valence electrons. The Morgan fingerprint density at radius 2 is 1.76 bits per heavy atom. The number of rotatable bonds is 6. The number of likely N-dealkylation sites (tertiary alicyclic amines) is 2. The average molecular weight is 580 g/mol. The first-order valence-electron chi connectivity index (χ1n) is 15.0. The molecule has 0 bridgehead atoms. The number of fused-ring (bicyclic) bond motifs is 2. The van der Waals surface area contributed by atoms with Gasteiger partial charge in [0, 0.05) is 40.8 Å². The van der Waals surface area contributed by atoms with Crippen molar-refractivity contribution in [3.05, 3.63) is 107 Å². The fourth-order valence-electron chi connectivity index (χ4n) is 7.10. The summed E-state index contributed by atoms with van der Waals surface area (Å²) in [5, 5.41) is 0.645. The maximum absolute atomic E-state index is 14.8. The Bertz CT molecular complexity index is 1590. The van der Waals surface area contributed by atoms with Gasteiger partial charge in [-0.15, -0.1) is 0 Å². The van der Waals surface area contributed by atoms with E-state index in [-0.39, 0.29) is 12.1 Å². The zero-order valence-corrected chi connectivity index (χ0v) is 24.8. The molecule has 1 unspecified atom stereocenters. The highest BCUT2D eigenvalue weighted by molar-refractivity contribution is 6.33. The Balaban J connectivity index is 1.33. The third kappa shape index (κ3) is 4.91. The monoisotopic (exact) mass is 579 g/mol. The molecule has 0 N–H and O–H groups in total. The van der Waals surface area contributed by atoms with Gasteiger partial charge in [0.15, 0.2) is 0 Å². The standard InChI is InChI=1S/C35H36ClN4O2/c1-42-33-22-25(16-17-29(33)28-12-3-4-13-30(28)36)35(41)40-31-14-5-2-10-26(31)23-38-20-9-15-32(38)34(40)39-21-8-11-27(39)24-37-18-6-7-19-37/h2-5,9-10,12-17,22,27,34H,6-8,11,18-19,21,23-24H2,1H3/t27-,34?/m0/s1. The number of hydrogen-bond acceptors (Lipinski definition) is 4. The number of benzene rings is 3. The maximum Gasteiger partial charge on any atom is 0.260 e. The summed E-state index contributed by atoms with van der Waals surface area (Å²) in [5.41, 5.74) is 5.49. The van der Waals surface area contributed by atoms with Gasteiger partial charge in [-0.3, -0.25) is 14.6 Å². The number of methoxy groups -OCH3 is 1. The van der Waals surface area contributed by atoms with Crippen molar-refractivity contribution in [3.63, 3.8) is 0 Å². The van der Waals surface area contributed by atoms with E-state index in [1.807, 2.05) is 59.5 Å². The third-order valence-corrected chi connectivity index (χ3v) is 9.45. The van der Waals surface area contributed by atoms with Crippen LogP contribution in [0.3, 0.4) is 0 Å². The second-order valence-electron chi connectivity index (χ2n) is 11.6. The van der Waals surface area contributed by atoms with Gasteiger partial charge in [-0.1, -0.05) is 48.0 Å². The summed E-state index contributed by atoms with van der Waals surface area (Å²) in [6, 6.07) is 26.3. The molecular formula is C35H36ClN4O2. The largest absolute Gasteiger partial charge is 0.496 e. The van der Waals surface area contributed by atoms with Crippen molar-refractivity contribution >= 4 is 23.2 Å². The average Bonchev–Trinajstić information content (AvgIpc) is 3.79. The topological polar surface area (TPSA) is 41.0 Å². The molecule has 1 radical (unpaired) electrons. The quantitative estimate of drug-likeness (QED) is 0.250. The summed E-state index contributed by atoms with van der Waals surface area (Å²) in [6.07, 6.45) is 8.02. The van der Waals surface area contributed by atoms with Gasteiger partial charge in [0.1, 0.15) is 11.9 Å². The number of para-hydroxylation sites is 1. The highest BCUT2D eigenvalue weighted by Gasteiger charge is 2.42. The molecule has 6 nitrogen and oxygen atoms in total. The van der Waals surface area contributed by atoms with Crippen LogP contribution < -0.4 is 9.64 Å². The minimum atomic E-state index is -0.239. The first-order valence-corrected chi connectivity index (χ1v) is 15.4. The number of amides is 1. The Hall–Kier alpha value is -3.58. The van der Waals surface area contributed by atoms with Crippen molar-refractivity contribution in [2.75, 3.05) is 38.2 Å². The van der Waals surface area contributed by atoms with Crippen LogP contribution in [0.1, 0.15) is 53.5 Å². The molecule has 2 atom stereocenters. The lowest BCUT2D eigenvalue weighted by molar-refractivity contribution is 0.0880. The number of nitrogens with zero attached hydrogens (tertiary/aromatic N) is 4. The minimum Gasteiger partial charge on any atom is -0.496 e. The Labute approximate surface area is 253 Å². The third-order valence-electron chi connectivity index (χ3n) is 9.12. The second-order valence-corrected chi connectivity index (χ2v) is 12.0. The molecule has 3 aliphatic heterocycles. The fourth-order valence-corrected chi connectivity index (χ4v) is 7.33. The molecular weight excluding hydrogens is 544 g/mol. The van der Waals surface area contributed by atoms with Crippen molar-refractivity contribution in [1.82, 2.24) is 14.4 Å². The molecule has 1 amide bonds. The highest BCUT2D eigenvalue weighted by Crippen LogP contribution is 2.42. The SMILES string of the molecule is COc1cc(C(=O)N2c3ccccc3Cn3[c]ccc3C2N2CCC[C@H]2CN2CCCC2)ccc1-c1ccccc1Cl. The molecule has 0 saturated carbocycles. The van der Waals surface area contributed by atoms with Gasteiger partial charge in [-0.2, -0.15) is 0 Å². The molecule has 4 heterocycles. The Morgan fingerprint density at radius 3 is 2.60 bits per heavy atom. The first kappa shape index (κ1) is 27.3. The summed E-state index contributed by atoms with van der Waals surface area (Å²) >= 11 is 6.54. The van der Waals surface area contributed by atoms with Crippen LogP contribution in [-0.4, -0.2) is 59.6 Å². The minimum absolute atomic E-state index is 0.0436. The first-order chi connectivity index (χ1) is 20.6. The van der Waals surface area contributed by atoms with Crippen LogP contribution in [-0.2, 0) is 6.54 Å². The van der Waals surface area contributed by atoms with Crippen molar-refractivity contribution in [2.24, 2.45) is 0 Å². The highest BCUT2D eigenvalue weighted by atomic mass is 35.5. The van der Waals surface area contributed by atoms with Crippen LogP contribution in [0.4, 0.5) is 5.69 Å². The summed E-state index contributed by atoms with van der Waals surface area (Å²) in [7, 11) is 1.64. The summed E-state index contributed by atoms with van der Waals surface area (Å²) < 4.78 is 8.03. The van der Waals surface area contributed by atoms with E-state index in [9.17, 15) is 4.79 Å². The number of carbonyl (C=O) groups is 1. The fraction of sp³-hybridized carbons (Fsp3) is 0.343. The number of anilines is 1. The van der Waals surface area contributed by atoms with Crippen LogP contribution in [0.2, 0.25) is 5.02 Å². The normalized spacial score (nSPS) is 20.8. The Morgan fingerprint density at radius 1 is 0.952 bits per heavy atom. The van der Waals surface area contributed by atoms with Gasteiger partial charge in [0.25, 0.3) is 5.91 Å². The predicted octanol–water partition coefficient (Wildman–Crippen LogP) is 6.88. The van der Waals surface area contributed by atoms with E-state index in [0.29, 0.717) is 28.9 Å². The molecule has 2 fully saturated rings. The van der Waals surface area contributed by atoms with E-state index in [1.54, 1.807) is 7.11 Å². The van der Waals surface area contributed by atoms with Gasteiger partial charge in [0.2, 0.25) is 0 Å². The van der Waals surface area contributed by atoms with Crippen molar-refractivity contribution in [3.8, 4) is 16.9 Å². The maximum atomic E-state index is 14.8. The van der Waals surface area contributed by atoms with Crippen molar-refractivity contribution in [1.29, 1.82) is 0 Å². The molecule has 1 aromatic heterocycles. The van der Waals surface area contributed by atoms with Crippen LogP contribution in [0, 0.1) is 6.20 Å². The van der Waals surface area contributed by atoms with E-state index in [2.05, 4.69) is 44.8 Å². The van der Waals surface area contributed by atoms with E-state index in [0.717, 1.165) is 54.0 Å². The van der Waals surface area contributed by atoms with Crippen LogP contribution >= 0.6 is 11.6 Å². The van der Waals surface area contributed by atoms with E-state index in [1.165, 1.54) is 25.9 Å². The molecule has 2 saturated heterocycles. The van der Waals surface area contributed by atoms with Crippen molar-refractivity contribution < 1.29 is 9.53 Å². The zero-order chi connectivity index (χ0) is 28.6. The van der Waals surface area contributed by atoms with Gasteiger partial charge in [0.05, 0.1) is 31.2 Å². The van der Waals surface area contributed by atoms with Crippen LogP contribution in [0.5, 0.6) is 5.75 Å². The second kappa shape index (κ2) is 11.6. The molecule has 4 aromatic rings. The number of ether oxygens (including phenoxy) is 1. The summed E-state index contributed by atoms with van der Waals surface area (Å²) in [4.78, 5) is 22.0. The van der Waals surface area contributed by atoms with Gasteiger partial charge in [-0.05, 0) is 86.8 Å².